The zero-order valence-electron chi connectivity index (χ0n) is 12.2. The van der Waals surface area contributed by atoms with Gasteiger partial charge in [-0.15, -0.1) is 0 Å². The van der Waals surface area contributed by atoms with Crippen molar-refractivity contribution in [3.63, 3.8) is 0 Å². The van der Waals surface area contributed by atoms with Gasteiger partial charge < -0.3 is 20.7 Å². The third-order valence-corrected chi connectivity index (χ3v) is 3.86. The molecular formula is C15H23N3O2. The van der Waals surface area contributed by atoms with E-state index in [0.717, 1.165) is 25.9 Å². The Morgan fingerprint density at radius 2 is 2.15 bits per heavy atom. The van der Waals surface area contributed by atoms with Gasteiger partial charge >= 0.3 is 0 Å². The summed E-state index contributed by atoms with van der Waals surface area (Å²) in [6.45, 7) is 2.91. The smallest absolute Gasteiger partial charge is 0.255 e. The summed E-state index contributed by atoms with van der Waals surface area (Å²) in [5.41, 5.74) is 6.80. The van der Waals surface area contributed by atoms with Crippen LogP contribution in [-0.4, -0.2) is 44.6 Å². The molecule has 0 radical (unpaired) electrons. The first-order chi connectivity index (χ1) is 9.60. The zero-order valence-corrected chi connectivity index (χ0v) is 12.2. The molecule has 0 saturated carbocycles. The fourth-order valence-corrected chi connectivity index (χ4v) is 2.50. The van der Waals surface area contributed by atoms with E-state index in [1.165, 1.54) is 0 Å². The summed E-state index contributed by atoms with van der Waals surface area (Å²) < 4.78 is 5.20. The number of hydrogen-bond donors (Lipinski definition) is 2. The van der Waals surface area contributed by atoms with Crippen molar-refractivity contribution in [2.45, 2.75) is 12.8 Å². The molecular weight excluding hydrogens is 254 g/mol. The maximum atomic E-state index is 12.2. The summed E-state index contributed by atoms with van der Waals surface area (Å²) in [5.74, 6) is 0.996. The van der Waals surface area contributed by atoms with E-state index < -0.39 is 0 Å². The second-order valence-corrected chi connectivity index (χ2v) is 5.42. The molecule has 2 rings (SSSR count). The predicted molar refractivity (Wildman–Crippen MR) is 80.0 cm³/mol. The minimum atomic E-state index is -0.118. The van der Waals surface area contributed by atoms with Crippen LogP contribution in [-0.2, 0) is 0 Å². The number of nitrogens with zero attached hydrogens (tertiary/aromatic N) is 1. The SMILES string of the molecule is COc1ccc(N)cc1C(=O)NCC1CCN(C)CC1. The number of rotatable bonds is 4. The standard InChI is InChI=1S/C15H23N3O2/c1-18-7-5-11(6-8-18)10-17-15(19)13-9-12(16)3-4-14(13)20-2/h3-4,9,11H,5-8,10,16H2,1-2H3,(H,17,19). The third-order valence-electron chi connectivity index (χ3n) is 3.86. The Bertz CT molecular complexity index is 468. The maximum absolute atomic E-state index is 12.2. The first-order valence-electron chi connectivity index (χ1n) is 7.00. The highest BCUT2D eigenvalue weighted by molar-refractivity contribution is 5.97. The molecule has 3 N–H and O–H groups in total. The molecule has 1 aliphatic rings. The number of carbonyl (C=O) groups excluding carboxylic acids is 1. The first kappa shape index (κ1) is 14.7. The molecule has 0 spiro atoms. The van der Waals surface area contributed by atoms with Gasteiger partial charge in [0.15, 0.2) is 0 Å². The molecule has 0 atom stereocenters. The van der Waals surface area contributed by atoms with Crippen molar-refractivity contribution < 1.29 is 9.53 Å². The monoisotopic (exact) mass is 277 g/mol. The fourth-order valence-electron chi connectivity index (χ4n) is 2.50. The van der Waals surface area contributed by atoms with Crippen LogP contribution in [0.1, 0.15) is 23.2 Å². The highest BCUT2D eigenvalue weighted by Gasteiger charge is 2.18. The Morgan fingerprint density at radius 1 is 1.45 bits per heavy atom. The van der Waals surface area contributed by atoms with E-state index in [2.05, 4.69) is 17.3 Å². The van der Waals surface area contributed by atoms with Crippen LogP contribution in [0.25, 0.3) is 0 Å². The third kappa shape index (κ3) is 3.63. The lowest BCUT2D eigenvalue weighted by molar-refractivity contribution is 0.0936. The Morgan fingerprint density at radius 3 is 2.80 bits per heavy atom. The number of carbonyl (C=O) groups is 1. The van der Waals surface area contributed by atoms with E-state index in [0.29, 0.717) is 29.5 Å². The fraction of sp³-hybridized carbons (Fsp3) is 0.533. The summed E-state index contributed by atoms with van der Waals surface area (Å²) in [6.07, 6.45) is 2.26. The van der Waals surface area contributed by atoms with Gasteiger partial charge in [-0.05, 0) is 57.1 Å². The molecule has 5 heteroatoms. The van der Waals surface area contributed by atoms with Crippen LogP contribution in [0.4, 0.5) is 5.69 Å². The molecule has 1 aromatic rings. The zero-order chi connectivity index (χ0) is 14.5. The number of amides is 1. The molecule has 20 heavy (non-hydrogen) atoms. The maximum Gasteiger partial charge on any atom is 0.255 e. The Labute approximate surface area is 120 Å². The van der Waals surface area contributed by atoms with Crippen molar-refractivity contribution in [3.05, 3.63) is 23.8 Å². The van der Waals surface area contributed by atoms with Crippen molar-refractivity contribution in [3.8, 4) is 5.75 Å². The number of methoxy groups -OCH3 is 1. The van der Waals surface area contributed by atoms with Gasteiger partial charge in [0.25, 0.3) is 5.91 Å². The summed E-state index contributed by atoms with van der Waals surface area (Å²) in [7, 11) is 3.69. The summed E-state index contributed by atoms with van der Waals surface area (Å²) in [5, 5.41) is 2.99. The van der Waals surface area contributed by atoms with E-state index in [1.54, 1.807) is 25.3 Å². The number of nitrogens with two attached hydrogens (primary N) is 1. The summed E-state index contributed by atoms with van der Waals surface area (Å²) in [6, 6.07) is 5.11. The first-order valence-corrected chi connectivity index (χ1v) is 7.00. The topological polar surface area (TPSA) is 67.6 Å². The molecule has 0 unspecified atom stereocenters. The Hall–Kier alpha value is -1.75. The van der Waals surface area contributed by atoms with E-state index in [-0.39, 0.29) is 5.91 Å². The lowest BCUT2D eigenvalue weighted by atomic mass is 9.97. The van der Waals surface area contributed by atoms with Crippen LogP contribution in [0.15, 0.2) is 18.2 Å². The van der Waals surface area contributed by atoms with Gasteiger partial charge in [0.2, 0.25) is 0 Å². The van der Waals surface area contributed by atoms with Crippen molar-refractivity contribution in [1.29, 1.82) is 0 Å². The predicted octanol–water partition coefficient (Wildman–Crippen LogP) is 1.35. The molecule has 1 heterocycles. The van der Waals surface area contributed by atoms with Gasteiger partial charge in [0.1, 0.15) is 5.75 Å². The molecule has 1 amide bonds. The van der Waals surface area contributed by atoms with Crippen LogP contribution in [0.5, 0.6) is 5.75 Å². The van der Waals surface area contributed by atoms with Crippen molar-refractivity contribution >= 4 is 11.6 Å². The highest BCUT2D eigenvalue weighted by atomic mass is 16.5. The normalized spacial score (nSPS) is 16.9. The second kappa shape index (κ2) is 6.61. The Balaban J connectivity index is 1.93. The molecule has 1 saturated heterocycles. The number of likely N-dealkylation sites (tertiary alicyclic amines) is 1. The number of nitrogen functional groups attached to an aromatic ring is 1. The number of anilines is 1. The number of nitrogens with one attached hydrogen (secondary N) is 1. The summed E-state index contributed by atoms with van der Waals surface area (Å²) >= 11 is 0. The van der Waals surface area contributed by atoms with E-state index in [4.69, 9.17) is 10.5 Å². The number of hydrogen-bond acceptors (Lipinski definition) is 4. The van der Waals surface area contributed by atoms with E-state index >= 15 is 0 Å². The number of ether oxygens (including phenoxy) is 1. The van der Waals surface area contributed by atoms with Crippen molar-refractivity contribution in [1.82, 2.24) is 10.2 Å². The van der Waals surface area contributed by atoms with Crippen LogP contribution in [0, 0.1) is 5.92 Å². The molecule has 1 fully saturated rings. The largest absolute Gasteiger partial charge is 0.496 e. The van der Waals surface area contributed by atoms with Gasteiger partial charge in [-0.25, -0.2) is 0 Å². The molecule has 1 aromatic carbocycles. The van der Waals surface area contributed by atoms with Crippen molar-refractivity contribution in [2.75, 3.05) is 39.5 Å². The lowest BCUT2D eigenvalue weighted by Crippen LogP contribution is -2.37. The molecule has 5 nitrogen and oxygen atoms in total. The summed E-state index contributed by atoms with van der Waals surface area (Å²) in [4.78, 5) is 14.5. The molecule has 110 valence electrons. The van der Waals surface area contributed by atoms with Crippen molar-refractivity contribution in [2.24, 2.45) is 5.92 Å². The average molecular weight is 277 g/mol. The van der Waals surface area contributed by atoms with Crippen LogP contribution in [0.2, 0.25) is 0 Å². The van der Waals surface area contributed by atoms with Crippen LogP contribution in [0.3, 0.4) is 0 Å². The van der Waals surface area contributed by atoms with Crippen LogP contribution >= 0.6 is 0 Å². The molecule has 0 bridgehead atoms. The highest BCUT2D eigenvalue weighted by Crippen LogP contribution is 2.21. The van der Waals surface area contributed by atoms with Gasteiger partial charge in [0, 0.05) is 12.2 Å². The molecule has 0 aliphatic carbocycles. The minimum absolute atomic E-state index is 0.118. The van der Waals surface area contributed by atoms with Gasteiger partial charge in [-0.2, -0.15) is 0 Å². The minimum Gasteiger partial charge on any atom is -0.496 e. The average Bonchev–Trinajstić information content (AvgIpc) is 2.46. The van der Waals surface area contributed by atoms with Crippen LogP contribution < -0.4 is 15.8 Å². The lowest BCUT2D eigenvalue weighted by Gasteiger charge is -2.29. The van der Waals surface area contributed by atoms with E-state index in [9.17, 15) is 4.79 Å². The number of piperidine rings is 1. The van der Waals surface area contributed by atoms with Gasteiger partial charge in [-0.1, -0.05) is 0 Å². The van der Waals surface area contributed by atoms with Gasteiger partial charge in [0.05, 0.1) is 12.7 Å². The Kier molecular flexibility index (Phi) is 4.84. The number of benzene rings is 1. The molecule has 1 aliphatic heterocycles. The van der Waals surface area contributed by atoms with E-state index in [1.807, 2.05) is 0 Å². The quantitative estimate of drug-likeness (QED) is 0.815. The van der Waals surface area contributed by atoms with Gasteiger partial charge in [-0.3, -0.25) is 4.79 Å². The second-order valence-electron chi connectivity index (χ2n) is 5.42. The molecule has 0 aromatic heterocycles.